The fourth-order valence-electron chi connectivity index (χ4n) is 2.54. The summed E-state index contributed by atoms with van der Waals surface area (Å²) >= 11 is 1.85. The lowest BCUT2D eigenvalue weighted by molar-refractivity contribution is 0.395. The summed E-state index contributed by atoms with van der Waals surface area (Å²) in [4.78, 5) is 8.41. The average Bonchev–Trinajstić information content (AvgIpc) is 2.87. The highest BCUT2D eigenvalue weighted by Gasteiger charge is 2.19. The van der Waals surface area contributed by atoms with Gasteiger partial charge >= 0.3 is 0 Å². The van der Waals surface area contributed by atoms with Crippen LogP contribution in [0, 0.1) is 11.8 Å². The normalized spacial score (nSPS) is 17.4. The summed E-state index contributed by atoms with van der Waals surface area (Å²) in [6.07, 6.45) is 6.03. The second kappa shape index (κ2) is 7.25. The standard InChI is InChI=1S/C15H27N3S/c1-4-13-5-7-18(8-6-13)15-17-11-14(19-15)10-16-9-12(2)3/h11-13,16H,4-10H2,1-3H3. The van der Waals surface area contributed by atoms with Crippen molar-refractivity contribution >= 4 is 16.5 Å². The van der Waals surface area contributed by atoms with Gasteiger partial charge in [-0.15, -0.1) is 11.3 Å². The van der Waals surface area contributed by atoms with E-state index in [0.717, 1.165) is 19.0 Å². The SMILES string of the molecule is CCC1CCN(c2ncc(CNCC(C)C)s2)CC1. The summed E-state index contributed by atoms with van der Waals surface area (Å²) in [7, 11) is 0. The van der Waals surface area contributed by atoms with Crippen molar-refractivity contribution in [1.29, 1.82) is 0 Å². The third-order valence-corrected chi connectivity index (χ3v) is 4.91. The van der Waals surface area contributed by atoms with Gasteiger partial charge in [-0.3, -0.25) is 0 Å². The molecule has 0 radical (unpaired) electrons. The molecule has 0 bridgehead atoms. The minimum absolute atomic E-state index is 0.709. The molecule has 0 amide bonds. The number of piperidine rings is 1. The van der Waals surface area contributed by atoms with E-state index in [1.54, 1.807) is 0 Å². The maximum Gasteiger partial charge on any atom is 0.185 e. The lowest BCUT2D eigenvalue weighted by Gasteiger charge is -2.31. The predicted molar refractivity (Wildman–Crippen MR) is 83.9 cm³/mol. The zero-order chi connectivity index (χ0) is 13.7. The Labute approximate surface area is 121 Å². The Morgan fingerprint density at radius 2 is 2.16 bits per heavy atom. The highest BCUT2D eigenvalue weighted by Crippen LogP contribution is 2.28. The van der Waals surface area contributed by atoms with E-state index in [1.807, 2.05) is 17.5 Å². The maximum absolute atomic E-state index is 4.59. The molecule has 0 aliphatic carbocycles. The van der Waals surface area contributed by atoms with Gasteiger partial charge in [0.15, 0.2) is 5.13 Å². The van der Waals surface area contributed by atoms with Gasteiger partial charge in [0, 0.05) is 30.7 Å². The van der Waals surface area contributed by atoms with E-state index in [4.69, 9.17) is 0 Å². The first-order chi connectivity index (χ1) is 9.19. The summed E-state index contributed by atoms with van der Waals surface area (Å²) < 4.78 is 0. The van der Waals surface area contributed by atoms with Crippen LogP contribution in [0.5, 0.6) is 0 Å². The van der Waals surface area contributed by atoms with Gasteiger partial charge in [-0.2, -0.15) is 0 Å². The Morgan fingerprint density at radius 3 is 2.79 bits per heavy atom. The maximum atomic E-state index is 4.59. The van der Waals surface area contributed by atoms with Crippen LogP contribution < -0.4 is 10.2 Å². The van der Waals surface area contributed by atoms with Crippen molar-refractivity contribution in [2.45, 2.75) is 46.6 Å². The molecular weight excluding hydrogens is 254 g/mol. The van der Waals surface area contributed by atoms with Gasteiger partial charge in [-0.25, -0.2) is 4.98 Å². The minimum Gasteiger partial charge on any atom is -0.348 e. The van der Waals surface area contributed by atoms with Crippen molar-refractivity contribution in [3.8, 4) is 0 Å². The molecule has 1 saturated heterocycles. The van der Waals surface area contributed by atoms with Crippen LogP contribution in [0.1, 0.15) is 44.9 Å². The van der Waals surface area contributed by atoms with Gasteiger partial charge in [-0.05, 0) is 31.2 Å². The van der Waals surface area contributed by atoms with E-state index in [1.165, 1.54) is 42.4 Å². The molecule has 0 aromatic carbocycles. The van der Waals surface area contributed by atoms with Crippen LogP contribution in [0.25, 0.3) is 0 Å². The highest BCUT2D eigenvalue weighted by molar-refractivity contribution is 7.15. The van der Waals surface area contributed by atoms with Crippen molar-refractivity contribution in [2.24, 2.45) is 11.8 Å². The molecule has 1 aromatic rings. The first-order valence-electron chi connectivity index (χ1n) is 7.59. The second-order valence-electron chi connectivity index (χ2n) is 5.97. The Kier molecular flexibility index (Phi) is 5.64. The number of nitrogens with one attached hydrogen (secondary N) is 1. The van der Waals surface area contributed by atoms with Crippen LogP contribution in [0.15, 0.2) is 6.20 Å². The van der Waals surface area contributed by atoms with E-state index in [9.17, 15) is 0 Å². The molecule has 4 heteroatoms. The Morgan fingerprint density at radius 1 is 1.42 bits per heavy atom. The van der Waals surface area contributed by atoms with Crippen LogP contribution in [-0.4, -0.2) is 24.6 Å². The zero-order valence-electron chi connectivity index (χ0n) is 12.5. The van der Waals surface area contributed by atoms with Crippen molar-refractivity contribution in [2.75, 3.05) is 24.5 Å². The van der Waals surface area contributed by atoms with Crippen molar-refractivity contribution in [3.05, 3.63) is 11.1 Å². The van der Waals surface area contributed by atoms with Gasteiger partial charge in [0.05, 0.1) is 0 Å². The summed E-state index contributed by atoms with van der Waals surface area (Å²) in [6, 6.07) is 0. The van der Waals surface area contributed by atoms with E-state index >= 15 is 0 Å². The largest absolute Gasteiger partial charge is 0.348 e. The third kappa shape index (κ3) is 4.46. The van der Waals surface area contributed by atoms with Crippen LogP contribution in [0.3, 0.4) is 0 Å². The van der Waals surface area contributed by atoms with E-state index in [2.05, 4.69) is 36.0 Å². The second-order valence-corrected chi connectivity index (χ2v) is 7.07. The summed E-state index contributed by atoms with van der Waals surface area (Å²) in [5.74, 6) is 1.64. The molecule has 1 aromatic heterocycles. The molecular formula is C15H27N3S. The zero-order valence-corrected chi connectivity index (χ0v) is 13.3. The molecule has 0 spiro atoms. The Bertz CT molecular complexity index is 367. The van der Waals surface area contributed by atoms with Crippen LogP contribution in [-0.2, 0) is 6.54 Å². The highest BCUT2D eigenvalue weighted by atomic mass is 32.1. The van der Waals surface area contributed by atoms with Crippen LogP contribution >= 0.6 is 11.3 Å². The molecule has 1 N–H and O–H groups in total. The number of anilines is 1. The summed E-state index contributed by atoms with van der Waals surface area (Å²) in [5, 5.41) is 4.70. The summed E-state index contributed by atoms with van der Waals surface area (Å²) in [6.45, 7) is 11.2. The van der Waals surface area contributed by atoms with E-state index in [-0.39, 0.29) is 0 Å². The number of nitrogens with zero attached hydrogens (tertiary/aromatic N) is 2. The predicted octanol–water partition coefficient (Wildman–Crippen LogP) is 3.52. The van der Waals surface area contributed by atoms with Gasteiger partial charge in [0.1, 0.15) is 0 Å². The van der Waals surface area contributed by atoms with Crippen LogP contribution in [0.2, 0.25) is 0 Å². The molecule has 0 unspecified atom stereocenters. The minimum atomic E-state index is 0.709. The molecule has 1 fully saturated rings. The molecule has 0 atom stereocenters. The monoisotopic (exact) mass is 281 g/mol. The lowest BCUT2D eigenvalue weighted by Crippen LogP contribution is -2.33. The third-order valence-electron chi connectivity index (χ3n) is 3.86. The van der Waals surface area contributed by atoms with Gasteiger partial charge in [0.25, 0.3) is 0 Å². The molecule has 0 saturated carbocycles. The number of thiazole rings is 1. The fourth-order valence-corrected chi connectivity index (χ4v) is 3.47. The quantitative estimate of drug-likeness (QED) is 0.865. The number of hydrogen-bond donors (Lipinski definition) is 1. The number of hydrogen-bond acceptors (Lipinski definition) is 4. The Hall–Kier alpha value is -0.610. The smallest absolute Gasteiger partial charge is 0.185 e. The molecule has 108 valence electrons. The first kappa shape index (κ1) is 14.8. The topological polar surface area (TPSA) is 28.2 Å². The van der Waals surface area contributed by atoms with Crippen molar-refractivity contribution in [1.82, 2.24) is 10.3 Å². The van der Waals surface area contributed by atoms with Crippen LogP contribution in [0.4, 0.5) is 5.13 Å². The molecule has 2 heterocycles. The Balaban J connectivity index is 1.80. The van der Waals surface area contributed by atoms with E-state index < -0.39 is 0 Å². The molecule has 2 rings (SSSR count). The van der Waals surface area contributed by atoms with Crippen molar-refractivity contribution in [3.63, 3.8) is 0 Å². The van der Waals surface area contributed by atoms with Gasteiger partial charge < -0.3 is 10.2 Å². The molecule has 1 aliphatic rings. The van der Waals surface area contributed by atoms with Gasteiger partial charge in [0.2, 0.25) is 0 Å². The molecule has 19 heavy (non-hydrogen) atoms. The van der Waals surface area contributed by atoms with Crippen molar-refractivity contribution < 1.29 is 0 Å². The average molecular weight is 281 g/mol. The fraction of sp³-hybridized carbons (Fsp3) is 0.800. The van der Waals surface area contributed by atoms with Gasteiger partial charge in [-0.1, -0.05) is 27.2 Å². The molecule has 3 nitrogen and oxygen atoms in total. The van der Waals surface area contributed by atoms with E-state index in [0.29, 0.717) is 5.92 Å². The first-order valence-corrected chi connectivity index (χ1v) is 8.41. The number of rotatable bonds is 6. The molecule has 1 aliphatic heterocycles. The summed E-state index contributed by atoms with van der Waals surface area (Å²) in [5.41, 5.74) is 0. The number of aromatic nitrogens is 1. The lowest BCUT2D eigenvalue weighted by atomic mass is 9.95.